The number of aryl methyl sites for hydroxylation is 4. The summed E-state index contributed by atoms with van der Waals surface area (Å²) in [6.45, 7) is 14.0. The summed E-state index contributed by atoms with van der Waals surface area (Å²) in [7, 11) is 0. The molecule has 0 spiro atoms. The molecule has 0 bridgehead atoms. The second-order valence-corrected chi connectivity index (χ2v) is 7.90. The molecule has 0 amide bonds. The minimum atomic E-state index is 0.326. The van der Waals surface area contributed by atoms with Gasteiger partial charge in [-0.2, -0.15) is 5.10 Å². The molecule has 0 aliphatic heterocycles. The zero-order chi connectivity index (χ0) is 17.9. The van der Waals surface area contributed by atoms with E-state index in [0.717, 1.165) is 54.2 Å². The van der Waals surface area contributed by atoms with Gasteiger partial charge in [0.2, 0.25) is 0 Å². The molecule has 2 rings (SSSR count). The van der Waals surface area contributed by atoms with Gasteiger partial charge in [0.25, 0.3) is 0 Å². The smallest absolute Gasteiger partial charge is 0.0898 e. The molecular weight excluding hydrogens is 318 g/mol. The highest BCUT2D eigenvalue weighted by molar-refractivity contribution is 6.33. The summed E-state index contributed by atoms with van der Waals surface area (Å²) >= 11 is 6.62. The average Bonchev–Trinajstić information content (AvgIpc) is 2.87. The first-order valence-electron chi connectivity index (χ1n) is 9.04. The molecule has 24 heavy (non-hydrogen) atoms. The Morgan fingerprint density at radius 2 is 1.83 bits per heavy atom. The molecule has 0 saturated heterocycles. The highest BCUT2D eigenvalue weighted by Crippen LogP contribution is 2.34. The van der Waals surface area contributed by atoms with E-state index in [1.807, 2.05) is 10.9 Å². The van der Waals surface area contributed by atoms with Gasteiger partial charge < -0.3 is 0 Å². The summed E-state index contributed by atoms with van der Waals surface area (Å²) in [5.41, 5.74) is 5.89. The number of hydrogen-bond donors (Lipinski definition) is 0. The Kier molecular flexibility index (Phi) is 6.08. The first kappa shape index (κ1) is 19.0. The Hall–Kier alpha value is -1.35. The van der Waals surface area contributed by atoms with Crippen molar-refractivity contribution in [1.82, 2.24) is 14.8 Å². The van der Waals surface area contributed by atoms with Crippen LogP contribution >= 0.6 is 11.6 Å². The van der Waals surface area contributed by atoms with Crippen molar-refractivity contribution in [3.63, 3.8) is 0 Å². The van der Waals surface area contributed by atoms with Gasteiger partial charge in [0, 0.05) is 24.0 Å². The molecule has 2 aromatic heterocycles. The van der Waals surface area contributed by atoms with Crippen molar-refractivity contribution < 1.29 is 0 Å². The van der Waals surface area contributed by atoms with Crippen molar-refractivity contribution in [2.45, 2.75) is 73.8 Å². The lowest BCUT2D eigenvalue weighted by Gasteiger charge is -2.18. The van der Waals surface area contributed by atoms with E-state index in [0.29, 0.717) is 5.41 Å². The predicted octanol–water partition coefficient (Wildman–Crippen LogP) is 5.72. The molecule has 0 radical (unpaired) electrons. The third-order valence-electron chi connectivity index (χ3n) is 4.41. The molecule has 0 atom stereocenters. The van der Waals surface area contributed by atoms with Crippen molar-refractivity contribution in [2.75, 3.05) is 0 Å². The Balaban J connectivity index is 2.43. The molecule has 0 N–H and O–H groups in total. The number of hydrogen-bond acceptors (Lipinski definition) is 2. The summed E-state index contributed by atoms with van der Waals surface area (Å²) < 4.78 is 2.01. The van der Waals surface area contributed by atoms with E-state index in [9.17, 15) is 0 Å². The predicted molar refractivity (Wildman–Crippen MR) is 103 cm³/mol. The molecule has 0 unspecified atom stereocenters. The van der Waals surface area contributed by atoms with Crippen molar-refractivity contribution in [3.05, 3.63) is 34.2 Å². The molecule has 0 saturated carbocycles. The van der Waals surface area contributed by atoms with Gasteiger partial charge in [-0.15, -0.1) is 0 Å². The van der Waals surface area contributed by atoms with Crippen LogP contribution < -0.4 is 0 Å². The molecule has 4 heteroatoms. The maximum atomic E-state index is 6.62. The zero-order valence-corrected chi connectivity index (χ0v) is 16.7. The Morgan fingerprint density at radius 1 is 1.12 bits per heavy atom. The molecular formula is C20H30ClN3. The largest absolute Gasteiger partial charge is 0.263 e. The van der Waals surface area contributed by atoms with Crippen LogP contribution in [0.2, 0.25) is 5.02 Å². The standard InChI is InChI=1S/C20H30ClN3/c1-7-14-12-15(10-11-20(4,5)6)22-13-16(14)19-18(21)17(8-2)23-24(19)9-3/h12-13H,7-11H2,1-6H3. The summed E-state index contributed by atoms with van der Waals surface area (Å²) in [6, 6.07) is 2.25. The summed E-state index contributed by atoms with van der Waals surface area (Å²) in [5, 5.41) is 5.42. The van der Waals surface area contributed by atoms with Gasteiger partial charge in [0.15, 0.2) is 0 Å². The molecule has 3 nitrogen and oxygen atoms in total. The van der Waals surface area contributed by atoms with Gasteiger partial charge >= 0.3 is 0 Å². The van der Waals surface area contributed by atoms with E-state index in [1.165, 1.54) is 11.3 Å². The molecule has 2 aromatic rings. The third-order valence-corrected chi connectivity index (χ3v) is 4.81. The Bertz CT molecular complexity index is 696. The first-order valence-corrected chi connectivity index (χ1v) is 9.41. The fourth-order valence-electron chi connectivity index (χ4n) is 2.89. The SMILES string of the molecule is CCc1cc(CCC(C)(C)C)ncc1-c1c(Cl)c(CC)nn1CC. The molecule has 2 heterocycles. The molecule has 132 valence electrons. The second kappa shape index (κ2) is 7.69. The van der Waals surface area contributed by atoms with E-state index in [-0.39, 0.29) is 0 Å². The van der Waals surface area contributed by atoms with E-state index < -0.39 is 0 Å². The number of nitrogens with zero attached hydrogens (tertiary/aromatic N) is 3. The minimum Gasteiger partial charge on any atom is -0.263 e. The van der Waals surface area contributed by atoms with Crippen molar-refractivity contribution in [2.24, 2.45) is 5.41 Å². The summed E-state index contributed by atoms with van der Waals surface area (Å²) in [4.78, 5) is 4.72. The lowest BCUT2D eigenvalue weighted by Crippen LogP contribution is -2.08. The lowest BCUT2D eigenvalue weighted by atomic mass is 9.89. The number of pyridine rings is 1. The topological polar surface area (TPSA) is 30.7 Å². The van der Waals surface area contributed by atoms with Gasteiger partial charge in [0.1, 0.15) is 0 Å². The van der Waals surface area contributed by atoms with Crippen LogP contribution in [-0.4, -0.2) is 14.8 Å². The fraction of sp³-hybridized carbons (Fsp3) is 0.600. The van der Waals surface area contributed by atoms with E-state index >= 15 is 0 Å². The van der Waals surface area contributed by atoms with Crippen LogP contribution in [0.15, 0.2) is 12.3 Å². The maximum absolute atomic E-state index is 6.62. The quantitative estimate of drug-likeness (QED) is 0.668. The van der Waals surface area contributed by atoms with Crippen LogP contribution in [-0.2, 0) is 25.8 Å². The van der Waals surface area contributed by atoms with Gasteiger partial charge in [-0.05, 0) is 49.7 Å². The van der Waals surface area contributed by atoms with Crippen LogP contribution in [0.3, 0.4) is 0 Å². The monoisotopic (exact) mass is 347 g/mol. The molecule has 0 aliphatic rings. The Morgan fingerprint density at radius 3 is 2.38 bits per heavy atom. The van der Waals surface area contributed by atoms with Crippen LogP contribution in [0.4, 0.5) is 0 Å². The van der Waals surface area contributed by atoms with Gasteiger partial charge in [-0.25, -0.2) is 0 Å². The van der Waals surface area contributed by atoms with E-state index in [1.54, 1.807) is 0 Å². The van der Waals surface area contributed by atoms with E-state index in [4.69, 9.17) is 16.6 Å². The van der Waals surface area contributed by atoms with Crippen LogP contribution in [0.1, 0.15) is 64.9 Å². The van der Waals surface area contributed by atoms with Gasteiger partial charge in [0.05, 0.1) is 16.4 Å². The summed E-state index contributed by atoms with van der Waals surface area (Å²) in [5.74, 6) is 0. The number of halogens is 1. The summed E-state index contributed by atoms with van der Waals surface area (Å²) in [6.07, 6.45) is 5.95. The second-order valence-electron chi connectivity index (χ2n) is 7.53. The maximum Gasteiger partial charge on any atom is 0.0898 e. The molecule has 0 fully saturated rings. The third kappa shape index (κ3) is 4.18. The highest BCUT2D eigenvalue weighted by Gasteiger charge is 2.19. The molecule has 0 aliphatic carbocycles. The van der Waals surface area contributed by atoms with E-state index in [2.05, 4.69) is 52.7 Å². The lowest BCUT2D eigenvalue weighted by molar-refractivity contribution is 0.376. The zero-order valence-electron chi connectivity index (χ0n) is 15.9. The highest BCUT2D eigenvalue weighted by atomic mass is 35.5. The fourth-order valence-corrected chi connectivity index (χ4v) is 3.26. The average molecular weight is 348 g/mol. The number of rotatable bonds is 6. The van der Waals surface area contributed by atoms with Gasteiger partial charge in [-0.1, -0.05) is 46.2 Å². The van der Waals surface area contributed by atoms with Crippen LogP contribution in [0.25, 0.3) is 11.3 Å². The Labute approximate surface area is 151 Å². The minimum absolute atomic E-state index is 0.326. The van der Waals surface area contributed by atoms with Crippen LogP contribution in [0.5, 0.6) is 0 Å². The van der Waals surface area contributed by atoms with Crippen molar-refractivity contribution >= 4 is 11.6 Å². The number of aromatic nitrogens is 3. The van der Waals surface area contributed by atoms with Gasteiger partial charge in [-0.3, -0.25) is 9.67 Å². The normalized spacial score (nSPS) is 12.0. The first-order chi connectivity index (χ1) is 11.3. The van der Waals surface area contributed by atoms with Crippen molar-refractivity contribution in [3.8, 4) is 11.3 Å². The van der Waals surface area contributed by atoms with Crippen molar-refractivity contribution in [1.29, 1.82) is 0 Å². The van der Waals surface area contributed by atoms with Crippen LogP contribution in [0, 0.1) is 5.41 Å². The molecule has 0 aromatic carbocycles.